The fourth-order valence-electron chi connectivity index (χ4n) is 2.34. The molecular formula is C18H31NO. The van der Waals surface area contributed by atoms with E-state index in [0.29, 0.717) is 0 Å². The number of benzene rings is 1. The van der Waals surface area contributed by atoms with Crippen molar-refractivity contribution in [2.45, 2.75) is 71.6 Å². The Balaban J connectivity index is 2.09. The lowest BCUT2D eigenvalue weighted by Crippen LogP contribution is -2.01. The average molecular weight is 277 g/mol. The lowest BCUT2D eigenvalue weighted by Gasteiger charge is -2.10. The van der Waals surface area contributed by atoms with E-state index in [9.17, 15) is 0 Å². The molecule has 114 valence electrons. The van der Waals surface area contributed by atoms with Gasteiger partial charge in [-0.25, -0.2) is 0 Å². The first kappa shape index (κ1) is 16.9. The number of aryl methyl sites for hydroxylation is 1. The third-order valence-corrected chi connectivity index (χ3v) is 3.74. The molecule has 0 bridgehead atoms. The van der Waals surface area contributed by atoms with E-state index in [0.717, 1.165) is 30.9 Å². The third-order valence-electron chi connectivity index (χ3n) is 3.74. The van der Waals surface area contributed by atoms with E-state index in [1.807, 2.05) is 6.07 Å². The van der Waals surface area contributed by atoms with Gasteiger partial charge in [0.25, 0.3) is 0 Å². The normalized spacial score (nSPS) is 10.7. The largest absolute Gasteiger partial charge is 0.491 e. The van der Waals surface area contributed by atoms with E-state index in [1.54, 1.807) is 0 Å². The second-order valence-electron chi connectivity index (χ2n) is 5.55. The molecular weight excluding hydrogens is 246 g/mol. The summed E-state index contributed by atoms with van der Waals surface area (Å²) in [5.41, 5.74) is 7.96. The monoisotopic (exact) mass is 277 g/mol. The summed E-state index contributed by atoms with van der Waals surface area (Å²) in [5, 5.41) is 0. The highest BCUT2D eigenvalue weighted by Crippen LogP contribution is 2.23. The van der Waals surface area contributed by atoms with Crippen molar-refractivity contribution < 1.29 is 4.74 Å². The van der Waals surface area contributed by atoms with Crippen LogP contribution in [0.15, 0.2) is 18.2 Å². The molecule has 0 radical (unpaired) electrons. The Morgan fingerprint density at radius 1 is 0.900 bits per heavy atom. The molecule has 0 saturated heterocycles. The van der Waals surface area contributed by atoms with Crippen LogP contribution in [0.25, 0.3) is 0 Å². The predicted molar refractivity (Wildman–Crippen MR) is 88.3 cm³/mol. The summed E-state index contributed by atoms with van der Waals surface area (Å²) in [6.07, 6.45) is 11.6. The van der Waals surface area contributed by atoms with Gasteiger partial charge in [0.15, 0.2) is 0 Å². The van der Waals surface area contributed by atoms with Crippen molar-refractivity contribution in [3.8, 4) is 5.75 Å². The molecule has 0 saturated carbocycles. The quantitative estimate of drug-likeness (QED) is 0.437. The topological polar surface area (TPSA) is 35.2 Å². The zero-order valence-corrected chi connectivity index (χ0v) is 13.3. The number of hydrogen-bond acceptors (Lipinski definition) is 2. The fraction of sp³-hybridized carbons (Fsp3) is 0.667. The Kier molecular flexibility index (Phi) is 8.93. The molecule has 2 nitrogen and oxygen atoms in total. The number of hydrogen-bond donors (Lipinski definition) is 1. The lowest BCUT2D eigenvalue weighted by molar-refractivity contribution is 0.305. The van der Waals surface area contributed by atoms with Gasteiger partial charge in [-0.15, -0.1) is 0 Å². The van der Waals surface area contributed by atoms with Crippen LogP contribution in [0, 0.1) is 0 Å². The van der Waals surface area contributed by atoms with Crippen molar-refractivity contribution in [1.29, 1.82) is 0 Å². The third kappa shape index (κ3) is 6.83. The number of unbranched alkanes of at least 4 members (excludes halogenated alkanes) is 7. The first-order chi connectivity index (χ1) is 9.77. The maximum Gasteiger partial charge on any atom is 0.142 e. The lowest BCUT2D eigenvalue weighted by atomic mass is 10.1. The Labute approximate surface area is 124 Å². The van der Waals surface area contributed by atoms with Gasteiger partial charge in [-0.05, 0) is 30.5 Å². The van der Waals surface area contributed by atoms with E-state index in [-0.39, 0.29) is 0 Å². The summed E-state index contributed by atoms with van der Waals surface area (Å²) in [6, 6.07) is 6.08. The van der Waals surface area contributed by atoms with Gasteiger partial charge in [-0.3, -0.25) is 0 Å². The van der Waals surface area contributed by atoms with Crippen LogP contribution < -0.4 is 10.5 Å². The van der Waals surface area contributed by atoms with Crippen LogP contribution in [0.4, 0.5) is 5.69 Å². The van der Waals surface area contributed by atoms with E-state index < -0.39 is 0 Å². The van der Waals surface area contributed by atoms with Gasteiger partial charge in [0.1, 0.15) is 5.75 Å². The number of nitrogens with two attached hydrogens (primary N) is 1. The molecule has 0 spiro atoms. The molecule has 0 aliphatic heterocycles. The smallest absolute Gasteiger partial charge is 0.142 e. The van der Waals surface area contributed by atoms with Crippen molar-refractivity contribution in [1.82, 2.24) is 0 Å². The van der Waals surface area contributed by atoms with Crippen LogP contribution in [0.5, 0.6) is 5.75 Å². The first-order valence-electron chi connectivity index (χ1n) is 8.29. The van der Waals surface area contributed by atoms with Crippen LogP contribution in [0.1, 0.15) is 70.8 Å². The molecule has 0 unspecified atom stereocenters. The number of anilines is 1. The van der Waals surface area contributed by atoms with Crippen LogP contribution in [-0.4, -0.2) is 6.61 Å². The van der Waals surface area contributed by atoms with Crippen LogP contribution in [0.2, 0.25) is 0 Å². The minimum absolute atomic E-state index is 0.752. The Hall–Kier alpha value is -1.18. The zero-order valence-electron chi connectivity index (χ0n) is 13.3. The molecule has 0 amide bonds. The highest BCUT2D eigenvalue weighted by Gasteiger charge is 2.01. The molecule has 20 heavy (non-hydrogen) atoms. The molecule has 1 aromatic carbocycles. The van der Waals surface area contributed by atoms with Crippen molar-refractivity contribution in [2.24, 2.45) is 0 Å². The SMILES string of the molecule is CCCCCCCCCCOc1cc(CC)ccc1N. The fourth-order valence-corrected chi connectivity index (χ4v) is 2.34. The molecule has 0 heterocycles. The summed E-state index contributed by atoms with van der Waals surface area (Å²) in [4.78, 5) is 0. The van der Waals surface area contributed by atoms with Crippen molar-refractivity contribution in [2.75, 3.05) is 12.3 Å². The second kappa shape index (κ2) is 10.6. The van der Waals surface area contributed by atoms with E-state index in [2.05, 4.69) is 26.0 Å². The van der Waals surface area contributed by atoms with Crippen molar-refractivity contribution in [3.63, 3.8) is 0 Å². The van der Waals surface area contributed by atoms with Crippen molar-refractivity contribution >= 4 is 5.69 Å². The predicted octanol–water partition coefficient (Wildman–Crippen LogP) is 5.35. The van der Waals surface area contributed by atoms with Gasteiger partial charge >= 0.3 is 0 Å². The molecule has 1 aromatic rings. The first-order valence-corrected chi connectivity index (χ1v) is 8.29. The van der Waals surface area contributed by atoms with Crippen LogP contribution in [-0.2, 0) is 6.42 Å². The minimum atomic E-state index is 0.752. The van der Waals surface area contributed by atoms with Gasteiger partial charge < -0.3 is 10.5 Å². The molecule has 0 aromatic heterocycles. The standard InChI is InChI=1S/C18H31NO/c1-3-5-6-7-8-9-10-11-14-20-18-15-16(4-2)12-13-17(18)19/h12-13,15H,3-11,14,19H2,1-2H3. The Bertz CT molecular complexity index is 362. The van der Waals surface area contributed by atoms with Gasteiger partial charge in [-0.2, -0.15) is 0 Å². The van der Waals surface area contributed by atoms with Gasteiger partial charge in [0.05, 0.1) is 12.3 Å². The van der Waals surface area contributed by atoms with E-state index in [1.165, 1.54) is 50.5 Å². The maximum atomic E-state index is 5.93. The molecule has 0 aliphatic carbocycles. The summed E-state index contributed by atoms with van der Waals surface area (Å²) in [7, 11) is 0. The highest BCUT2D eigenvalue weighted by molar-refractivity contribution is 5.53. The number of nitrogen functional groups attached to an aromatic ring is 1. The Morgan fingerprint density at radius 2 is 1.55 bits per heavy atom. The molecule has 1 rings (SSSR count). The summed E-state index contributed by atoms with van der Waals surface area (Å²) in [5.74, 6) is 0.854. The highest BCUT2D eigenvalue weighted by atomic mass is 16.5. The number of ether oxygens (including phenoxy) is 1. The van der Waals surface area contributed by atoms with E-state index in [4.69, 9.17) is 10.5 Å². The molecule has 2 heteroatoms. The van der Waals surface area contributed by atoms with Gasteiger partial charge in [0.2, 0.25) is 0 Å². The van der Waals surface area contributed by atoms with Crippen molar-refractivity contribution in [3.05, 3.63) is 23.8 Å². The van der Waals surface area contributed by atoms with Gasteiger partial charge in [-0.1, -0.05) is 64.9 Å². The van der Waals surface area contributed by atoms with Crippen LogP contribution >= 0.6 is 0 Å². The second-order valence-corrected chi connectivity index (χ2v) is 5.55. The summed E-state index contributed by atoms with van der Waals surface area (Å²) >= 11 is 0. The average Bonchev–Trinajstić information content (AvgIpc) is 2.47. The number of rotatable bonds is 11. The minimum Gasteiger partial charge on any atom is -0.491 e. The zero-order chi connectivity index (χ0) is 14.6. The molecule has 0 aliphatic rings. The summed E-state index contributed by atoms with van der Waals surface area (Å²) < 4.78 is 5.80. The Morgan fingerprint density at radius 3 is 2.20 bits per heavy atom. The maximum absolute atomic E-state index is 5.93. The molecule has 0 atom stereocenters. The van der Waals surface area contributed by atoms with E-state index >= 15 is 0 Å². The van der Waals surface area contributed by atoms with Crippen LogP contribution in [0.3, 0.4) is 0 Å². The molecule has 0 fully saturated rings. The summed E-state index contributed by atoms with van der Waals surface area (Å²) in [6.45, 7) is 5.19. The molecule has 2 N–H and O–H groups in total. The van der Waals surface area contributed by atoms with Gasteiger partial charge in [0, 0.05) is 0 Å².